The zero-order valence-electron chi connectivity index (χ0n) is 7.70. The first-order valence-corrected chi connectivity index (χ1v) is 5.19. The van der Waals surface area contributed by atoms with Gasteiger partial charge in [0, 0.05) is 0 Å². The molecule has 0 saturated heterocycles. The lowest BCUT2D eigenvalue weighted by Gasteiger charge is -2.05. The first-order valence-electron chi connectivity index (χ1n) is 4.02. The van der Waals surface area contributed by atoms with Crippen molar-refractivity contribution in [1.29, 1.82) is 0 Å². The molecule has 0 amide bonds. The minimum atomic E-state index is 0.255. The van der Waals surface area contributed by atoms with Gasteiger partial charge in [-0.05, 0) is 22.0 Å². The largest absolute Gasteiger partial charge is 0.491 e. The average Bonchev–Trinajstić information content (AvgIpc) is 2.64. The molecule has 2 rings (SSSR count). The summed E-state index contributed by atoms with van der Waals surface area (Å²) in [5.74, 6) is 0.964. The smallest absolute Gasteiger partial charge is 0.185 e. The Morgan fingerprint density at radius 1 is 1.47 bits per heavy atom. The molecular formula is C9H6BrClN2O2. The van der Waals surface area contributed by atoms with E-state index in [1.807, 2.05) is 0 Å². The van der Waals surface area contributed by atoms with E-state index in [0.29, 0.717) is 17.2 Å². The lowest BCUT2D eigenvalue weighted by molar-refractivity contribution is 0.410. The molecule has 0 aliphatic rings. The van der Waals surface area contributed by atoms with Gasteiger partial charge in [-0.2, -0.15) is 0 Å². The van der Waals surface area contributed by atoms with Crippen molar-refractivity contribution < 1.29 is 9.15 Å². The highest BCUT2D eigenvalue weighted by Crippen LogP contribution is 2.36. The number of hydrogen-bond donors (Lipinski definition) is 0. The Labute approximate surface area is 99.4 Å². The van der Waals surface area contributed by atoms with Crippen LogP contribution in [0.25, 0.3) is 11.5 Å². The molecule has 0 fully saturated rings. The molecule has 0 aromatic carbocycles. The zero-order valence-corrected chi connectivity index (χ0v) is 10.0. The summed E-state index contributed by atoms with van der Waals surface area (Å²) in [6, 6.07) is 1.77. The molecule has 0 spiro atoms. The standard InChI is InChI=1S/C9H6BrClN2O2/c1-14-8-6(12-4-13-9(8)11)7-5(10)2-3-15-7/h2-4H,1H3. The summed E-state index contributed by atoms with van der Waals surface area (Å²) < 4.78 is 11.2. The Balaban J connectivity index is 2.63. The minimum absolute atomic E-state index is 0.255. The third kappa shape index (κ3) is 1.85. The highest BCUT2D eigenvalue weighted by atomic mass is 79.9. The molecule has 0 saturated carbocycles. The number of furan rings is 1. The van der Waals surface area contributed by atoms with Crippen LogP contribution in [0, 0.1) is 0 Å². The summed E-state index contributed by atoms with van der Waals surface area (Å²) in [5.41, 5.74) is 0.523. The van der Waals surface area contributed by atoms with E-state index in [-0.39, 0.29) is 5.15 Å². The van der Waals surface area contributed by atoms with Crippen LogP contribution in [-0.2, 0) is 0 Å². The van der Waals surface area contributed by atoms with E-state index < -0.39 is 0 Å². The van der Waals surface area contributed by atoms with Gasteiger partial charge in [0.1, 0.15) is 6.33 Å². The van der Waals surface area contributed by atoms with E-state index in [1.54, 1.807) is 12.3 Å². The van der Waals surface area contributed by atoms with Gasteiger partial charge in [0.2, 0.25) is 0 Å². The normalized spacial score (nSPS) is 10.3. The summed E-state index contributed by atoms with van der Waals surface area (Å²) in [5, 5.41) is 0.255. The molecule has 78 valence electrons. The number of methoxy groups -OCH3 is 1. The molecule has 2 heterocycles. The Morgan fingerprint density at radius 2 is 2.27 bits per heavy atom. The third-order valence-electron chi connectivity index (χ3n) is 1.80. The van der Waals surface area contributed by atoms with Crippen LogP contribution < -0.4 is 4.74 Å². The van der Waals surface area contributed by atoms with Crippen LogP contribution in [0.3, 0.4) is 0 Å². The second-order valence-electron chi connectivity index (χ2n) is 2.64. The van der Waals surface area contributed by atoms with Crippen LogP contribution in [0.4, 0.5) is 0 Å². The molecule has 0 N–H and O–H groups in total. The Kier molecular flexibility index (Phi) is 2.93. The van der Waals surface area contributed by atoms with Crippen LogP contribution in [0.15, 0.2) is 27.5 Å². The lowest BCUT2D eigenvalue weighted by Crippen LogP contribution is -1.93. The van der Waals surface area contributed by atoms with E-state index in [9.17, 15) is 0 Å². The number of nitrogens with zero attached hydrogens (tertiary/aromatic N) is 2. The fraction of sp³-hybridized carbons (Fsp3) is 0.111. The van der Waals surface area contributed by atoms with Gasteiger partial charge < -0.3 is 9.15 Å². The van der Waals surface area contributed by atoms with Crippen LogP contribution in [0.1, 0.15) is 0 Å². The van der Waals surface area contributed by atoms with Crippen molar-refractivity contribution in [3.63, 3.8) is 0 Å². The highest BCUT2D eigenvalue weighted by Gasteiger charge is 2.17. The van der Waals surface area contributed by atoms with E-state index in [0.717, 1.165) is 4.47 Å². The number of ether oxygens (including phenoxy) is 1. The molecule has 0 aliphatic heterocycles. The highest BCUT2D eigenvalue weighted by molar-refractivity contribution is 9.10. The molecule has 0 aliphatic carbocycles. The topological polar surface area (TPSA) is 48.2 Å². The first-order chi connectivity index (χ1) is 7.24. The molecule has 0 atom stereocenters. The van der Waals surface area contributed by atoms with Crippen LogP contribution >= 0.6 is 27.5 Å². The Bertz CT molecular complexity index is 487. The molecule has 4 nitrogen and oxygen atoms in total. The summed E-state index contributed by atoms with van der Waals surface area (Å²) in [7, 11) is 1.50. The van der Waals surface area contributed by atoms with Crippen LogP contribution in [0.5, 0.6) is 5.75 Å². The van der Waals surface area contributed by atoms with Gasteiger partial charge >= 0.3 is 0 Å². The SMILES string of the molecule is COc1c(Cl)ncnc1-c1occc1Br. The molecule has 6 heteroatoms. The average molecular weight is 290 g/mol. The zero-order chi connectivity index (χ0) is 10.8. The number of hydrogen-bond acceptors (Lipinski definition) is 4. The minimum Gasteiger partial charge on any atom is -0.491 e. The summed E-state index contributed by atoms with van der Waals surface area (Å²) in [6.45, 7) is 0. The predicted octanol–water partition coefficient (Wildman–Crippen LogP) is 3.16. The van der Waals surface area contributed by atoms with E-state index >= 15 is 0 Å². The molecule has 2 aromatic rings. The Hall–Kier alpha value is -1.07. The maximum absolute atomic E-state index is 5.87. The summed E-state index contributed by atoms with van der Waals surface area (Å²) in [6.07, 6.45) is 2.91. The quantitative estimate of drug-likeness (QED) is 0.797. The summed E-state index contributed by atoms with van der Waals surface area (Å²) in [4.78, 5) is 7.89. The maximum atomic E-state index is 5.87. The molecule has 0 radical (unpaired) electrons. The van der Waals surface area contributed by atoms with Crippen molar-refractivity contribution in [2.75, 3.05) is 7.11 Å². The molecule has 2 aromatic heterocycles. The van der Waals surface area contributed by atoms with Gasteiger partial charge in [-0.1, -0.05) is 11.6 Å². The number of aromatic nitrogens is 2. The molecule has 0 unspecified atom stereocenters. The van der Waals surface area contributed by atoms with Crippen LogP contribution in [0.2, 0.25) is 5.15 Å². The van der Waals surface area contributed by atoms with Crippen molar-refractivity contribution in [3.05, 3.63) is 28.3 Å². The lowest BCUT2D eigenvalue weighted by atomic mass is 10.3. The second-order valence-corrected chi connectivity index (χ2v) is 3.86. The van der Waals surface area contributed by atoms with Gasteiger partial charge in [-0.3, -0.25) is 0 Å². The third-order valence-corrected chi connectivity index (χ3v) is 2.69. The fourth-order valence-electron chi connectivity index (χ4n) is 1.16. The fourth-order valence-corrected chi connectivity index (χ4v) is 1.76. The number of rotatable bonds is 2. The van der Waals surface area contributed by atoms with Crippen molar-refractivity contribution >= 4 is 27.5 Å². The van der Waals surface area contributed by atoms with Crippen LogP contribution in [-0.4, -0.2) is 17.1 Å². The number of halogens is 2. The van der Waals surface area contributed by atoms with E-state index in [2.05, 4.69) is 25.9 Å². The molecular weight excluding hydrogens is 283 g/mol. The maximum Gasteiger partial charge on any atom is 0.185 e. The van der Waals surface area contributed by atoms with Gasteiger partial charge in [0.15, 0.2) is 22.4 Å². The van der Waals surface area contributed by atoms with E-state index in [1.165, 1.54) is 13.4 Å². The summed E-state index contributed by atoms with van der Waals surface area (Å²) >= 11 is 9.20. The van der Waals surface area contributed by atoms with Crippen molar-refractivity contribution in [3.8, 4) is 17.2 Å². The van der Waals surface area contributed by atoms with Gasteiger partial charge in [-0.15, -0.1) is 0 Å². The van der Waals surface area contributed by atoms with Gasteiger partial charge in [0.25, 0.3) is 0 Å². The molecule has 0 bridgehead atoms. The molecule has 15 heavy (non-hydrogen) atoms. The Morgan fingerprint density at radius 3 is 2.87 bits per heavy atom. The van der Waals surface area contributed by atoms with Crippen molar-refractivity contribution in [2.45, 2.75) is 0 Å². The first kappa shape index (κ1) is 10.4. The van der Waals surface area contributed by atoms with Gasteiger partial charge in [0.05, 0.1) is 17.8 Å². The van der Waals surface area contributed by atoms with E-state index in [4.69, 9.17) is 20.8 Å². The predicted molar refractivity (Wildman–Crippen MR) is 59.0 cm³/mol. The van der Waals surface area contributed by atoms with Crippen molar-refractivity contribution in [1.82, 2.24) is 9.97 Å². The monoisotopic (exact) mass is 288 g/mol. The second kappa shape index (κ2) is 4.20. The van der Waals surface area contributed by atoms with Gasteiger partial charge in [-0.25, -0.2) is 9.97 Å². The van der Waals surface area contributed by atoms with Crippen molar-refractivity contribution in [2.24, 2.45) is 0 Å².